The molecular formula is C19H33NO5-2. The number of hydrogen-bond donors (Lipinski definition) is 1. The van der Waals surface area contributed by atoms with Gasteiger partial charge in [0.15, 0.2) is 0 Å². The third-order valence-corrected chi connectivity index (χ3v) is 4.26. The lowest BCUT2D eigenvalue weighted by Crippen LogP contribution is -2.48. The van der Waals surface area contributed by atoms with Gasteiger partial charge in [-0.15, -0.1) is 0 Å². The SMILES string of the molecule is CCCCCCCCCCCCCC(=O)NC(CCC(=O)[O-])C(=O)[O-]. The van der Waals surface area contributed by atoms with E-state index in [0.29, 0.717) is 6.42 Å². The zero-order chi connectivity index (χ0) is 18.9. The number of carbonyl (C=O) groups excluding carboxylic acids is 3. The number of aliphatic carboxylic acids is 2. The standard InChI is InChI=1S/C19H35NO5/c1-2-3-4-5-6-7-8-9-10-11-12-13-17(21)20-16(19(24)25)14-15-18(22)23/h16H,2-15H2,1H3,(H,20,21)(H,22,23)(H,24,25)/p-2. The quantitative estimate of drug-likeness (QED) is 0.397. The van der Waals surface area contributed by atoms with Crippen LogP contribution in [0.25, 0.3) is 0 Å². The van der Waals surface area contributed by atoms with E-state index in [0.717, 1.165) is 12.8 Å². The summed E-state index contributed by atoms with van der Waals surface area (Å²) in [5.74, 6) is -3.18. The number of amides is 1. The van der Waals surface area contributed by atoms with Crippen molar-refractivity contribution < 1.29 is 24.6 Å². The van der Waals surface area contributed by atoms with Gasteiger partial charge in [-0.05, 0) is 19.3 Å². The Hall–Kier alpha value is -1.59. The third-order valence-electron chi connectivity index (χ3n) is 4.26. The molecule has 0 radical (unpaired) electrons. The van der Waals surface area contributed by atoms with Crippen molar-refractivity contribution in [3.63, 3.8) is 0 Å². The number of carbonyl (C=O) groups is 3. The zero-order valence-corrected chi connectivity index (χ0v) is 15.5. The van der Waals surface area contributed by atoms with Crippen LogP contribution in [0, 0.1) is 0 Å². The van der Waals surface area contributed by atoms with Gasteiger partial charge in [-0.25, -0.2) is 0 Å². The predicted octanol–water partition coefficient (Wildman–Crippen LogP) is 1.45. The molecule has 0 fully saturated rings. The molecule has 0 heterocycles. The molecule has 0 aromatic rings. The minimum absolute atomic E-state index is 0.214. The van der Waals surface area contributed by atoms with Gasteiger partial charge in [0, 0.05) is 12.4 Å². The largest absolute Gasteiger partial charge is 0.550 e. The van der Waals surface area contributed by atoms with Crippen molar-refractivity contribution in [2.75, 3.05) is 0 Å². The zero-order valence-electron chi connectivity index (χ0n) is 15.5. The second kappa shape index (κ2) is 15.9. The first kappa shape index (κ1) is 23.4. The summed E-state index contributed by atoms with van der Waals surface area (Å²) in [6.07, 6.45) is 12.6. The predicted molar refractivity (Wildman–Crippen MR) is 92.3 cm³/mol. The number of nitrogens with one attached hydrogen (secondary N) is 1. The summed E-state index contributed by atoms with van der Waals surface area (Å²) >= 11 is 0. The molecule has 1 unspecified atom stereocenters. The Labute approximate surface area is 151 Å². The van der Waals surface area contributed by atoms with E-state index >= 15 is 0 Å². The molecule has 1 N–H and O–H groups in total. The highest BCUT2D eigenvalue weighted by Gasteiger charge is 2.13. The van der Waals surface area contributed by atoms with E-state index in [1.165, 1.54) is 51.4 Å². The Morgan fingerprint density at radius 2 is 1.24 bits per heavy atom. The Kier molecular flexibility index (Phi) is 14.9. The summed E-state index contributed by atoms with van der Waals surface area (Å²) in [4.78, 5) is 32.9. The summed E-state index contributed by atoms with van der Waals surface area (Å²) in [6, 6.07) is -1.27. The highest BCUT2D eigenvalue weighted by molar-refractivity contribution is 5.82. The van der Waals surface area contributed by atoms with Gasteiger partial charge >= 0.3 is 0 Å². The first-order chi connectivity index (χ1) is 12.0. The Morgan fingerprint density at radius 3 is 1.68 bits per heavy atom. The van der Waals surface area contributed by atoms with Crippen molar-refractivity contribution in [3.8, 4) is 0 Å². The molecule has 0 saturated carbocycles. The van der Waals surface area contributed by atoms with Gasteiger partial charge in [-0.2, -0.15) is 0 Å². The van der Waals surface area contributed by atoms with Gasteiger partial charge in [0.1, 0.15) is 0 Å². The van der Waals surface area contributed by atoms with Crippen molar-refractivity contribution in [3.05, 3.63) is 0 Å². The highest BCUT2D eigenvalue weighted by Crippen LogP contribution is 2.12. The molecule has 6 heteroatoms. The lowest BCUT2D eigenvalue weighted by Gasteiger charge is -2.19. The number of carboxylic acids is 2. The number of unbranched alkanes of at least 4 members (excludes halogenated alkanes) is 10. The van der Waals surface area contributed by atoms with Crippen molar-refractivity contribution in [1.82, 2.24) is 5.32 Å². The van der Waals surface area contributed by atoms with E-state index in [9.17, 15) is 24.6 Å². The van der Waals surface area contributed by atoms with E-state index in [1.54, 1.807) is 0 Å². The van der Waals surface area contributed by atoms with Gasteiger partial charge in [-0.3, -0.25) is 4.79 Å². The molecule has 1 amide bonds. The molecule has 0 aromatic carbocycles. The van der Waals surface area contributed by atoms with Gasteiger partial charge in [-0.1, -0.05) is 71.1 Å². The molecule has 0 bridgehead atoms. The van der Waals surface area contributed by atoms with E-state index in [4.69, 9.17) is 0 Å². The van der Waals surface area contributed by atoms with Crippen LogP contribution in [0.1, 0.15) is 96.8 Å². The molecular weight excluding hydrogens is 322 g/mol. The van der Waals surface area contributed by atoms with Crippen LogP contribution >= 0.6 is 0 Å². The van der Waals surface area contributed by atoms with Crippen LogP contribution in [-0.4, -0.2) is 23.9 Å². The van der Waals surface area contributed by atoms with Crippen molar-refractivity contribution >= 4 is 17.8 Å². The maximum Gasteiger partial charge on any atom is 0.220 e. The number of carboxylic acid groups (broad SMARTS) is 2. The van der Waals surface area contributed by atoms with Gasteiger partial charge < -0.3 is 25.1 Å². The number of hydrogen-bond acceptors (Lipinski definition) is 5. The second-order valence-corrected chi connectivity index (χ2v) is 6.64. The van der Waals surface area contributed by atoms with E-state index in [-0.39, 0.29) is 18.7 Å². The smallest absolute Gasteiger partial charge is 0.220 e. The van der Waals surface area contributed by atoms with Gasteiger partial charge in [0.05, 0.1) is 12.0 Å². The normalized spacial score (nSPS) is 11.9. The summed E-state index contributed by atoms with van der Waals surface area (Å²) in [5, 5.41) is 23.5. The van der Waals surface area contributed by atoms with Crippen molar-refractivity contribution in [1.29, 1.82) is 0 Å². The van der Waals surface area contributed by atoms with Gasteiger partial charge in [0.25, 0.3) is 0 Å². The number of rotatable bonds is 17. The van der Waals surface area contributed by atoms with Crippen LogP contribution in [0.15, 0.2) is 0 Å². The molecule has 0 aliphatic carbocycles. The fraction of sp³-hybridized carbons (Fsp3) is 0.842. The van der Waals surface area contributed by atoms with Crippen LogP contribution in [0.2, 0.25) is 0 Å². The van der Waals surface area contributed by atoms with Crippen LogP contribution in [0.4, 0.5) is 0 Å². The molecule has 1 atom stereocenters. The summed E-state index contributed by atoms with van der Waals surface area (Å²) in [6.45, 7) is 2.21. The van der Waals surface area contributed by atoms with Crippen LogP contribution in [-0.2, 0) is 14.4 Å². The van der Waals surface area contributed by atoms with Crippen LogP contribution < -0.4 is 15.5 Å². The second-order valence-electron chi connectivity index (χ2n) is 6.64. The molecule has 0 aliphatic rings. The highest BCUT2D eigenvalue weighted by atomic mass is 16.4. The minimum atomic E-state index is -1.46. The molecule has 0 spiro atoms. The van der Waals surface area contributed by atoms with E-state index < -0.39 is 24.4 Å². The molecule has 0 aliphatic heterocycles. The fourth-order valence-electron chi connectivity index (χ4n) is 2.73. The van der Waals surface area contributed by atoms with E-state index in [2.05, 4.69) is 12.2 Å². The molecule has 146 valence electrons. The van der Waals surface area contributed by atoms with Gasteiger partial charge in [0.2, 0.25) is 5.91 Å². The maximum absolute atomic E-state index is 11.7. The fourth-order valence-corrected chi connectivity index (χ4v) is 2.73. The average Bonchev–Trinajstić information content (AvgIpc) is 2.56. The molecule has 25 heavy (non-hydrogen) atoms. The monoisotopic (exact) mass is 355 g/mol. The third kappa shape index (κ3) is 15.7. The topological polar surface area (TPSA) is 109 Å². The Balaban J connectivity index is 3.58. The van der Waals surface area contributed by atoms with Crippen LogP contribution in [0.5, 0.6) is 0 Å². The molecule has 0 aromatic heterocycles. The van der Waals surface area contributed by atoms with Crippen molar-refractivity contribution in [2.24, 2.45) is 0 Å². The molecule has 0 saturated heterocycles. The Morgan fingerprint density at radius 1 is 0.760 bits per heavy atom. The van der Waals surface area contributed by atoms with Crippen LogP contribution in [0.3, 0.4) is 0 Å². The Bertz CT molecular complexity index is 384. The summed E-state index contributed by atoms with van der Waals surface area (Å²) in [7, 11) is 0. The average molecular weight is 355 g/mol. The first-order valence-electron chi connectivity index (χ1n) is 9.67. The lowest BCUT2D eigenvalue weighted by molar-refractivity contribution is -0.310. The molecule has 6 nitrogen and oxygen atoms in total. The van der Waals surface area contributed by atoms with E-state index in [1.807, 2.05) is 0 Å². The summed E-state index contributed by atoms with van der Waals surface area (Å²) in [5.41, 5.74) is 0. The minimum Gasteiger partial charge on any atom is -0.550 e. The maximum atomic E-state index is 11.7. The first-order valence-corrected chi connectivity index (χ1v) is 9.67. The van der Waals surface area contributed by atoms with Crippen molar-refractivity contribution in [2.45, 2.75) is 103 Å². The summed E-state index contributed by atoms with van der Waals surface area (Å²) < 4.78 is 0. The molecule has 0 rings (SSSR count). The lowest BCUT2D eigenvalue weighted by atomic mass is 10.0.